The molecule has 2 amide bonds. The minimum absolute atomic E-state index is 0.000569. The maximum atomic E-state index is 13.2. The molecule has 1 aliphatic carbocycles. The van der Waals surface area contributed by atoms with Crippen LogP contribution in [0.25, 0.3) is 0 Å². The zero-order chi connectivity index (χ0) is 21.4. The molecular formula is C21H22N4O2S4. The Hall–Kier alpha value is -1.75. The highest BCUT2D eigenvalue weighted by Gasteiger charge is 2.36. The molecule has 5 rings (SSSR count). The minimum atomic E-state index is 0.000569. The summed E-state index contributed by atoms with van der Waals surface area (Å²) in [5.74, 6) is 0.520. The molecule has 1 aliphatic heterocycles. The van der Waals surface area contributed by atoms with Gasteiger partial charge in [0, 0.05) is 28.8 Å². The van der Waals surface area contributed by atoms with E-state index in [4.69, 9.17) is 0 Å². The van der Waals surface area contributed by atoms with E-state index in [-0.39, 0.29) is 23.9 Å². The van der Waals surface area contributed by atoms with Crippen molar-refractivity contribution >= 4 is 62.7 Å². The predicted octanol–water partition coefficient (Wildman–Crippen LogP) is 4.83. The molecule has 1 fully saturated rings. The average molecular weight is 491 g/mol. The van der Waals surface area contributed by atoms with E-state index in [1.807, 2.05) is 17.9 Å². The number of hydrogen-bond donors (Lipinski definition) is 0. The molecule has 0 bridgehead atoms. The summed E-state index contributed by atoms with van der Waals surface area (Å²) >= 11 is 6.30. The van der Waals surface area contributed by atoms with Crippen molar-refractivity contribution in [1.82, 2.24) is 15.1 Å². The Balaban J connectivity index is 1.29. The molecule has 3 aromatic heterocycles. The molecule has 0 radical (unpaired) electrons. The van der Waals surface area contributed by atoms with Gasteiger partial charge in [0.15, 0.2) is 4.34 Å². The third-order valence-corrected chi connectivity index (χ3v) is 9.46. The van der Waals surface area contributed by atoms with Crippen molar-refractivity contribution in [3.05, 3.63) is 44.3 Å². The van der Waals surface area contributed by atoms with Gasteiger partial charge in [-0.3, -0.25) is 14.5 Å². The summed E-state index contributed by atoms with van der Waals surface area (Å²) in [7, 11) is 0. The second kappa shape index (κ2) is 9.01. The maximum absolute atomic E-state index is 13.2. The molecule has 10 heteroatoms. The van der Waals surface area contributed by atoms with Crippen LogP contribution in [0.5, 0.6) is 0 Å². The second-order valence-electron chi connectivity index (χ2n) is 7.54. The summed E-state index contributed by atoms with van der Waals surface area (Å²) in [6, 6.07) is 6.58. The summed E-state index contributed by atoms with van der Waals surface area (Å²) in [6.45, 7) is 2.60. The van der Waals surface area contributed by atoms with Crippen molar-refractivity contribution in [1.29, 1.82) is 0 Å². The number of carbonyl (C=O) groups is 2. The van der Waals surface area contributed by atoms with Gasteiger partial charge in [-0.1, -0.05) is 36.1 Å². The normalized spacial score (nSPS) is 18.1. The molecule has 31 heavy (non-hydrogen) atoms. The molecule has 0 spiro atoms. The van der Waals surface area contributed by atoms with E-state index in [0.29, 0.717) is 17.3 Å². The van der Waals surface area contributed by atoms with Crippen LogP contribution >= 0.6 is 45.8 Å². The number of rotatable bonds is 7. The van der Waals surface area contributed by atoms with Crippen LogP contribution in [0.4, 0.5) is 5.13 Å². The van der Waals surface area contributed by atoms with Gasteiger partial charge in [0.05, 0.1) is 11.8 Å². The van der Waals surface area contributed by atoms with Crippen LogP contribution in [0.3, 0.4) is 0 Å². The highest BCUT2D eigenvalue weighted by molar-refractivity contribution is 8.01. The van der Waals surface area contributed by atoms with Crippen molar-refractivity contribution in [3.63, 3.8) is 0 Å². The Bertz CT molecular complexity index is 1070. The molecule has 162 valence electrons. The lowest BCUT2D eigenvalue weighted by molar-refractivity contribution is -0.130. The number of carbonyl (C=O) groups excluding carboxylic acids is 2. The minimum Gasteiger partial charge on any atom is -0.330 e. The number of thioether (sulfide) groups is 1. The fourth-order valence-electron chi connectivity index (χ4n) is 3.87. The molecule has 0 aromatic carbocycles. The molecule has 6 nitrogen and oxygen atoms in total. The van der Waals surface area contributed by atoms with Crippen LogP contribution in [0.1, 0.15) is 47.5 Å². The number of amides is 2. The van der Waals surface area contributed by atoms with Crippen LogP contribution in [0.15, 0.2) is 33.3 Å². The number of fused-ring (bicyclic) bond motifs is 1. The number of nitrogens with zero attached hydrogens (tertiary/aromatic N) is 4. The van der Waals surface area contributed by atoms with Gasteiger partial charge in [0.2, 0.25) is 16.9 Å². The van der Waals surface area contributed by atoms with Gasteiger partial charge < -0.3 is 4.90 Å². The highest BCUT2D eigenvalue weighted by Crippen LogP contribution is 2.40. The smallest absolute Gasteiger partial charge is 0.233 e. The third kappa shape index (κ3) is 4.30. The molecule has 2 aliphatic rings. The van der Waals surface area contributed by atoms with Gasteiger partial charge in [-0.25, -0.2) is 0 Å². The Morgan fingerprint density at radius 1 is 1.23 bits per heavy atom. The van der Waals surface area contributed by atoms with Crippen LogP contribution < -0.4 is 4.90 Å². The van der Waals surface area contributed by atoms with E-state index in [1.54, 1.807) is 27.6 Å². The first-order valence-electron chi connectivity index (χ1n) is 10.3. The number of thiophene rings is 2. The fourth-order valence-corrected chi connectivity index (χ4v) is 7.45. The summed E-state index contributed by atoms with van der Waals surface area (Å²) in [5.41, 5.74) is 1.26. The SMILES string of the molecule is CCC(=O)N(c1nnc(SCC(=O)N2CCc3sccc3C2c2cccs2)s1)C1CC1. The predicted molar refractivity (Wildman–Crippen MR) is 127 cm³/mol. The largest absolute Gasteiger partial charge is 0.330 e. The van der Waals surface area contributed by atoms with Gasteiger partial charge in [-0.2, -0.15) is 0 Å². The van der Waals surface area contributed by atoms with Crippen LogP contribution in [0, 0.1) is 0 Å². The van der Waals surface area contributed by atoms with Crippen molar-refractivity contribution < 1.29 is 9.59 Å². The third-order valence-electron chi connectivity index (χ3n) is 5.50. The molecule has 4 heterocycles. The molecule has 3 aromatic rings. The van der Waals surface area contributed by atoms with Crippen molar-refractivity contribution in [3.8, 4) is 0 Å². The van der Waals surface area contributed by atoms with Crippen molar-refractivity contribution in [2.24, 2.45) is 0 Å². The van der Waals surface area contributed by atoms with Crippen molar-refractivity contribution in [2.75, 3.05) is 17.2 Å². The Morgan fingerprint density at radius 2 is 2.10 bits per heavy atom. The van der Waals surface area contributed by atoms with Crippen LogP contribution in [-0.4, -0.2) is 45.3 Å². The van der Waals surface area contributed by atoms with E-state index >= 15 is 0 Å². The lowest BCUT2D eigenvalue weighted by Gasteiger charge is -2.35. The molecule has 0 N–H and O–H groups in total. The van der Waals surface area contributed by atoms with Crippen LogP contribution in [0.2, 0.25) is 0 Å². The lowest BCUT2D eigenvalue weighted by atomic mass is 9.98. The Labute approximate surface area is 197 Å². The average Bonchev–Trinajstić information content (AvgIpc) is 3.20. The van der Waals surface area contributed by atoms with E-state index < -0.39 is 0 Å². The first-order chi connectivity index (χ1) is 15.2. The first kappa shape index (κ1) is 21.1. The van der Waals surface area contributed by atoms with Gasteiger partial charge >= 0.3 is 0 Å². The van der Waals surface area contributed by atoms with Crippen molar-refractivity contribution in [2.45, 2.75) is 49.0 Å². The molecule has 0 saturated heterocycles. The van der Waals surface area contributed by atoms with Gasteiger partial charge in [-0.15, -0.1) is 32.9 Å². The highest BCUT2D eigenvalue weighted by atomic mass is 32.2. The Kier molecular flexibility index (Phi) is 6.14. The number of hydrogen-bond acceptors (Lipinski definition) is 8. The maximum Gasteiger partial charge on any atom is 0.233 e. The van der Waals surface area contributed by atoms with E-state index in [0.717, 1.165) is 30.1 Å². The lowest BCUT2D eigenvalue weighted by Crippen LogP contribution is -2.40. The second-order valence-corrected chi connectivity index (χ2v) is 11.7. The number of anilines is 1. The zero-order valence-electron chi connectivity index (χ0n) is 17.0. The summed E-state index contributed by atoms with van der Waals surface area (Å²) in [4.78, 5) is 31.9. The van der Waals surface area contributed by atoms with E-state index in [1.165, 1.54) is 38.4 Å². The first-order valence-corrected chi connectivity index (χ1v) is 13.9. The van der Waals surface area contributed by atoms with Crippen LogP contribution in [-0.2, 0) is 16.0 Å². The summed E-state index contributed by atoms with van der Waals surface area (Å²) < 4.78 is 0.735. The van der Waals surface area contributed by atoms with E-state index in [2.05, 4.69) is 33.1 Å². The van der Waals surface area contributed by atoms with Gasteiger partial charge in [-0.05, 0) is 47.7 Å². The van der Waals surface area contributed by atoms with Gasteiger partial charge in [0.1, 0.15) is 0 Å². The topological polar surface area (TPSA) is 66.4 Å². The molecule has 1 atom stereocenters. The fraction of sp³-hybridized carbons (Fsp3) is 0.429. The monoisotopic (exact) mass is 490 g/mol. The van der Waals surface area contributed by atoms with E-state index in [9.17, 15) is 9.59 Å². The summed E-state index contributed by atoms with van der Waals surface area (Å²) in [5, 5.41) is 13.3. The molecule has 1 saturated carbocycles. The quantitative estimate of drug-likeness (QED) is 0.350. The summed E-state index contributed by atoms with van der Waals surface area (Å²) in [6.07, 6.45) is 3.41. The Morgan fingerprint density at radius 3 is 2.84 bits per heavy atom. The number of aromatic nitrogens is 2. The zero-order valence-corrected chi connectivity index (χ0v) is 20.3. The molecule has 1 unspecified atom stereocenters. The standard InChI is InChI=1S/C21H22N4O2S4/c1-2-17(26)25(13-5-6-13)20-22-23-21(31-20)30-12-18(27)24-9-7-15-14(8-11-29-15)19(24)16-4-3-10-28-16/h3-4,8,10-11,13,19H,2,5-7,9,12H2,1H3. The van der Waals surface area contributed by atoms with Gasteiger partial charge in [0.25, 0.3) is 0 Å². The molecular weight excluding hydrogens is 469 g/mol.